The summed E-state index contributed by atoms with van der Waals surface area (Å²) in [6.45, 7) is 0. The van der Waals surface area contributed by atoms with Crippen molar-refractivity contribution in [3.8, 4) is 0 Å². The van der Waals surface area contributed by atoms with Crippen LogP contribution in [0.1, 0.15) is 12.1 Å². The van der Waals surface area contributed by atoms with Gasteiger partial charge < -0.3 is 0 Å². The molecule has 3 heterocycles. The van der Waals surface area contributed by atoms with Crippen LogP contribution in [0.15, 0.2) is 17.8 Å². The predicted octanol–water partition coefficient (Wildman–Crippen LogP) is 3.15. The van der Waals surface area contributed by atoms with E-state index in [1.807, 2.05) is 16.0 Å². The largest absolute Gasteiger partial charge is 0.297 e. The maximum atomic E-state index is 11.8. The second kappa shape index (κ2) is 5.94. The molecule has 0 amide bonds. The van der Waals surface area contributed by atoms with Crippen LogP contribution in [0, 0.1) is 11.3 Å². The Labute approximate surface area is 145 Å². The molecule has 1 saturated heterocycles. The van der Waals surface area contributed by atoms with E-state index in [1.165, 1.54) is 0 Å². The highest BCUT2D eigenvalue weighted by Crippen LogP contribution is 2.41. The fraction of sp³-hybridized carbons (Fsp3) is 0.615. The zero-order chi connectivity index (χ0) is 15.1. The monoisotopic (exact) mass is 454 g/mol. The number of rotatable bonds is 5. The van der Waals surface area contributed by atoms with Crippen molar-refractivity contribution < 1.29 is 8.42 Å². The minimum atomic E-state index is -2.87. The molecule has 1 aliphatic heterocycles. The molecule has 1 fully saturated rings. The van der Waals surface area contributed by atoms with Crippen LogP contribution in [-0.2, 0) is 16.3 Å². The zero-order valence-electron chi connectivity index (χ0n) is 11.3. The molecule has 1 aliphatic rings. The molecule has 1 unspecified atom stereocenters. The van der Waals surface area contributed by atoms with Crippen molar-refractivity contribution in [2.45, 2.75) is 12.8 Å². The smallest absolute Gasteiger partial charge is 0.193 e. The predicted molar refractivity (Wildman–Crippen MR) is 93.6 cm³/mol. The third kappa shape index (κ3) is 3.09. The molecule has 116 valence electrons. The number of imidazole rings is 1. The van der Waals surface area contributed by atoms with Gasteiger partial charge in [-0.3, -0.25) is 4.40 Å². The summed E-state index contributed by atoms with van der Waals surface area (Å²) in [6.07, 6.45) is 5.59. The minimum absolute atomic E-state index is 0.104. The van der Waals surface area contributed by atoms with Crippen LogP contribution >= 0.6 is 43.2 Å². The number of hydrogen-bond acceptors (Lipinski definition) is 4. The van der Waals surface area contributed by atoms with Crippen molar-refractivity contribution in [3.05, 3.63) is 23.5 Å². The molecule has 2 aromatic heterocycles. The van der Waals surface area contributed by atoms with Gasteiger partial charge >= 0.3 is 0 Å². The Morgan fingerprint density at radius 1 is 1.43 bits per heavy atom. The number of hydrogen-bond donors (Lipinski definition) is 0. The van der Waals surface area contributed by atoms with E-state index in [9.17, 15) is 8.42 Å². The first-order valence-corrected chi connectivity index (χ1v) is 11.7. The van der Waals surface area contributed by atoms with Gasteiger partial charge in [-0.1, -0.05) is 31.9 Å². The van der Waals surface area contributed by atoms with E-state index < -0.39 is 9.84 Å². The molecule has 0 spiro atoms. The van der Waals surface area contributed by atoms with Crippen molar-refractivity contribution in [1.82, 2.24) is 9.38 Å². The van der Waals surface area contributed by atoms with Gasteiger partial charge in [0.1, 0.15) is 0 Å². The summed E-state index contributed by atoms with van der Waals surface area (Å²) in [6, 6.07) is 0. The van der Waals surface area contributed by atoms with Crippen molar-refractivity contribution in [2.75, 3.05) is 22.2 Å². The van der Waals surface area contributed by atoms with Crippen LogP contribution in [0.3, 0.4) is 0 Å². The average molecular weight is 456 g/mol. The number of sulfone groups is 1. The summed E-state index contributed by atoms with van der Waals surface area (Å²) in [5.74, 6) is 0.797. The fourth-order valence-corrected chi connectivity index (χ4v) is 7.90. The third-order valence-electron chi connectivity index (χ3n) is 4.31. The molecule has 0 aromatic carbocycles. The van der Waals surface area contributed by atoms with E-state index in [-0.39, 0.29) is 11.3 Å². The van der Waals surface area contributed by atoms with Crippen LogP contribution in [0.25, 0.3) is 4.96 Å². The van der Waals surface area contributed by atoms with Gasteiger partial charge in [0, 0.05) is 28.4 Å². The van der Waals surface area contributed by atoms with E-state index in [0.717, 1.165) is 34.2 Å². The number of alkyl halides is 2. The van der Waals surface area contributed by atoms with E-state index in [4.69, 9.17) is 0 Å². The van der Waals surface area contributed by atoms with Gasteiger partial charge in [0.15, 0.2) is 14.8 Å². The number of fused-ring (bicyclic) bond motifs is 1. The van der Waals surface area contributed by atoms with Crippen molar-refractivity contribution >= 4 is 58.0 Å². The van der Waals surface area contributed by atoms with Crippen molar-refractivity contribution in [3.63, 3.8) is 0 Å². The first-order chi connectivity index (χ1) is 9.98. The Kier molecular flexibility index (Phi) is 4.51. The second-order valence-corrected chi connectivity index (χ2v) is 9.95. The highest BCUT2D eigenvalue weighted by Gasteiger charge is 2.43. The molecule has 0 saturated carbocycles. The third-order valence-corrected chi connectivity index (χ3v) is 9.08. The van der Waals surface area contributed by atoms with Crippen LogP contribution < -0.4 is 0 Å². The van der Waals surface area contributed by atoms with Gasteiger partial charge in [-0.15, -0.1) is 11.3 Å². The number of halogens is 2. The lowest BCUT2D eigenvalue weighted by Crippen LogP contribution is -2.37. The molecule has 3 rings (SSSR count). The summed E-state index contributed by atoms with van der Waals surface area (Å²) in [5, 5.41) is 3.56. The summed E-state index contributed by atoms with van der Waals surface area (Å²) in [4.78, 5) is 5.64. The Hall–Kier alpha value is 0.0800. The fourth-order valence-electron chi connectivity index (χ4n) is 2.99. The molecule has 0 bridgehead atoms. The number of aromatic nitrogens is 2. The molecule has 21 heavy (non-hydrogen) atoms. The van der Waals surface area contributed by atoms with Crippen LogP contribution in [0.4, 0.5) is 0 Å². The van der Waals surface area contributed by atoms with Gasteiger partial charge in [0.05, 0.1) is 17.2 Å². The SMILES string of the molecule is O=S1(=O)CCC(C(CBr)(CBr)Cc2cn3ccsc3n2)C1. The Bertz CT molecular complexity index is 706. The quantitative estimate of drug-likeness (QED) is 0.650. The Morgan fingerprint density at radius 3 is 2.76 bits per heavy atom. The molecular weight excluding hydrogens is 440 g/mol. The number of thiazole rings is 1. The normalized spacial score (nSPS) is 22.1. The van der Waals surface area contributed by atoms with Gasteiger partial charge in [-0.25, -0.2) is 13.4 Å². The van der Waals surface area contributed by atoms with Crippen LogP contribution in [0.2, 0.25) is 0 Å². The van der Waals surface area contributed by atoms with E-state index in [2.05, 4.69) is 43.0 Å². The molecule has 8 heteroatoms. The topological polar surface area (TPSA) is 51.4 Å². The second-order valence-electron chi connectivity index (χ2n) is 5.73. The van der Waals surface area contributed by atoms with Crippen molar-refractivity contribution in [2.24, 2.45) is 11.3 Å². The molecule has 0 radical (unpaired) electrons. The highest BCUT2D eigenvalue weighted by molar-refractivity contribution is 9.09. The van der Waals surface area contributed by atoms with Gasteiger partial charge in [-0.2, -0.15) is 0 Å². The van der Waals surface area contributed by atoms with E-state index >= 15 is 0 Å². The molecular formula is C13H16Br2N2O2S2. The lowest BCUT2D eigenvalue weighted by atomic mass is 9.75. The number of nitrogens with zero attached hydrogens (tertiary/aromatic N) is 2. The first kappa shape index (κ1) is 16.0. The van der Waals surface area contributed by atoms with Crippen molar-refractivity contribution in [1.29, 1.82) is 0 Å². The summed E-state index contributed by atoms with van der Waals surface area (Å²) < 4.78 is 25.7. The molecule has 1 atom stereocenters. The maximum absolute atomic E-state index is 11.8. The highest BCUT2D eigenvalue weighted by atomic mass is 79.9. The summed E-state index contributed by atoms with van der Waals surface area (Å²) >= 11 is 8.85. The Morgan fingerprint density at radius 2 is 2.19 bits per heavy atom. The standard InChI is InChI=1S/C13H16Br2N2O2S2/c14-8-13(9-15,10-1-4-21(18,19)7-10)5-11-6-17-2-3-20-12(17)16-11/h2-3,6,10H,1,4-5,7-9H2. The van der Waals surface area contributed by atoms with Gasteiger partial charge in [0.2, 0.25) is 0 Å². The maximum Gasteiger partial charge on any atom is 0.193 e. The lowest BCUT2D eigenvalue weighted by molar-refractivity contribution is 0.251. The molecule has 2 aromatic rings. The Balaban J connectivity index is 1.88. The van der Waals surface area contributed by atoms with Crippen LogP contribution in [-0.4, -0.2) is 40.0 Å². The van der Waals surface area contributed by atoms with Crippen LogP contribution in [0.5, 0.6) is 0 Å². The average Bonchev–Trinajstić information content (AvgIpc) is 3.10. The molecule has 0 aliphatic carbocycles. The summed E-state index contributed by atoms with van der Waals surface area (Å²) in [5.41, 5.74) is 0.929. The summed E-state index contributed by atoms with van der Waals surface area (Å²) in [7, 11) is -2.87. The van der Waals surface area contributed by atoms with Gasteiger partial charge in [0.25, 0.3) is 0 Å². The zero-order valence-corrected chi connectivity index (χ0v) is 16.1. The van der Waals surface area contributed by atoms with E-state index in [1.54, 1.807) is 11.3 Å². The molecule has 4 nitrogen and oxygen atoms in total. The lowest BCUT2D eigenvalue weighted by Gasteiger charge is -2.35. The van der Waals surface area contributed by atoms with E-state index in [0.29, 0.717) is 11.5 Å². The molecule has 0 N–H and O–H groups in total. The van der Waals surface area contributed by atoms with Gasteiger partial charge in [-0.05, 0) is 24.2 Å². The first-order valence-electron chi connectivity index (χ1n) is 6.71. The minimum Gasteiger partial charge on any atom is -0.297 e.